The molecule has 190 valence electrons. The van der Waals surface area contributed by atoms with E-state index in [0.29, 0.717) is 56.2 Å². The second kappa shape index (κ2) is 10.7. The Labute approximate surface area is 211 Å². The molecule has 2 aromatic carbocycles. The predicted molar refractivity (Wildman–Crippen MR) is 139 cm³/mol. The zero-order chi connectivity index (χ0) is 25.1. The van der Waals surface area contributed by atoms with Crippen LogP contribution < -0.4 is 15.7 Å². The van der Waals surface area contributed by atoms with Crippen molar-refractivity contribution in [3.8, 4) is 17.0 Å². The predicted octanol–water partition coefficient (Wildman–Crippen LogP) is 2.90. The van der Waals surface area contributed by atoms with Crippen LogP contribution in [-0.2, 0) is 6.54 Å². The number of aliphatic hydroxyl groups is 1. The van der Waals surface area contributed by atoms with E-state index < -0.39 is 6.10 Å². The summed E-state index contributed by atoms with van der Waals surface area (Å²) >= 11 is 0. The molecule has 2 atom stereocenters. The van der Waals surface area contributed by atoms with Gasteiger partial charge in [0, 0.05) is 31.7 Å². The van der Waals surface area contributed by atoms with Gasteiger partial charge in [-0.05, 0) is 30.5 Å². The van der Waals surface area contributed by atoms with Crippen LogP contribution >= 0.6 is 0 Å². The van der Waals surface area contributed by atoms with Gasteiger partial charge in [0.25, 0.3) is 5.91 Å². The Morgan fingerprint density at radius 2 is 1.81 bits per heavy atom. The first-order chi connectivity index (χ1) is 17.6. The fraction of sp³-hybridized carbons (Fsp3) is 0.429. The molecule has 2 aliphatic rings. The summed E-state index contributed by atoms with van der Waals surface area (Å²) < 4.78 is 8.70. The molecule has 1 aliphatic heterocycles. The monoisotopic (exact) mass is 490 g/mol. The number of ether oxygens (including phenoxy) is 1. The third kappa shape index (κ3) is 4.70. The number of benzene rings is 2. The molecule has 2 N–H and O–H groups in total. The first-order valence-corrected chi connectivity index (χ1v) is 12.8. The van der Waals surface area contributed by atoms with Crippen molar-refractivity contribution >= 4 is 5.91 Å². The SMILES string of the molecule is COc1cccc(Cn2c(C(=O)N3CCNCC3)c(-c3ccccc3)n([C@H]3CCCC[C@H]3O)c2=O)c1. The normalized spacial score (nSPS) is 20.3. The zero-order valence-electron chi connectivity index (χ0n) is 20.7. The molecule has 2 fully saturated rings. The largest absolute Gasteiger partial charge is 0.497 e. The number of aromatic nitrogens is 2. The van der Waals surface area contributed by atoms with E-state index in [0.717, 1.165) is 24.0 Å². The summed E-state index contributed by atoms with van der Waals surface area (Å²) in [7, 11) is 1.61. The average Bonchev–Trinajstić information content (AvgIpc) is 3.21. The number of aliphatic hydroxyl groups excluding tert-OH is 1. The summed E-state index contributed by atoms with van der Waals surface area (Å²) in [6, 6.07) is 16.8. The molecule has 0 unspecified atom stereocenters. The second-order valence-corrected chi connectivity index (χ2v) is 9.61. The van der Waals surface area contributed by atoms with Gasteiger partial charge in [-0.3, -0.25) is 13.9 Å². The molecule has 1 saturated carbocycles. The molecule has 0 spiro atoms. The molecule has 1 saturated heterocycles. The number of nitrogens with one attached hydrogen (secondary N) is 1. The molecule has 1 aromatic heterocycles. The van der Waals surface area contributed by atoms with Crippen LogP contribution in [0.5, 0.6) is 5.75 Å². The topological polar surface area (TPSA) is 88.7 Å². The molecule has 8 nitrogen and oxygen atoms in total. The molecule has 36 heavy (non-hydrogen) atoms. The lowest BCUT2D eigenvalue weighted by Crippen LogP contribution is -2.47. The van der Waals surface area contributed by atoms with Crippen molar-refractivity contribution < 1.29 is 14.6 Å². The maximum Gasteiger partial charge on any atom is 0.329 e. The number of rotatable bonds is 6. The molecule has 0 bridgehead atoms. The Bertz CT molecular complexity index is 1260. The quantitative estimate of drug-likeness (QED) is 0.555. The number of piperazine rings is 1. The van der Waals surface area contributed by atoms with Gasteiger partial charge in [-0.15, -0.1) is 0 Å². The highest BCUT2D eigenvalue weighted by atomic mass is 16.5. The molecule has 8 heteroatoms. The first kappa shape index (κ1) is 24.3. The van der Waals surface area contributed by atoms with E-state index in [1.165, 1.54) is 0 Å². The summed E-state index contributed by atoms with van der Waals surface area (Å²) in [5.74, 6) is 0.542. The molecular formula is C28H34N4O4. The zero-order valence-corrected chi connectivity index (χ0v) is 20.7. The van der Waals surface area contributed by atoms with Gasteiger partial charge in [0.15, 0.2) is 0 Å². The van der Waals surface area contributed by atoms with E-state index in [1.54, 1.807) is 16.2 Å². The van der Waals surface area contributed by atoms with E-state index in [2.05, 4.69) is 5.32 Å². The number of imidazole rings is 1. The highest BCUT2D eigenvalue weighted by Crippen LogP contribution is 2.34. The standard InChI is InChI=1S/C28H34N4O4/c1-36-22-11-7-8-20(18-22)19-31-26(27(34)30-16-14-29-15-17-30)25(21-9-3-2-4-10-21)32(28(31)35)23-12-5-6-13-24(23)33/h2-4,7-11,18,23-24,29,33H,5-6,12-17,19H2,1H3/t23-,24+/m0/s1. The van der Waals surface area contributed by atoms with E-state index >= 15 is 0 Å². The van der Waals surface area contributed by atoms with Gasteiger partial charge >= 0.3 is 5.69 Å². The van der Waals surface area contributed by atoms with Gasteiger partial charge in [0.05, 0.1) is 31.5 Å². The summed E-state index contributed by atoms with van der Waals surface area (Å²) in [4.78, 5) is 30.1. The smallest absolute Gasteiger partial charge is 0.329 e. The van der Waals surface area contributed by atoms with Crippen molar-refractivity contribution in [2.24, 2.45) is 0 Å². The first-order valence-electron chi connectivity index (χ1n) is 12.8. The van der Waals surface area contributed by atoms with Gasteiger partial charge in [0.1, 0.15) is 11.4 Å². The molecule has 0 radical (unpaired) electrons. The van der Waals surface area contributed by atoms with Crippen molar-refractivity contribution in [1.82, 2.24) is 19.4 Å². The van der Waals surface area contributed by atoms with Gasteiger partial charge in [-0.1, -0.05) is 55.3 Å². The Hall–Kier alpha value is -3.36. The van der Waals surface area contributed by atoms with Gasteiger partial charge in [0.2, 0.25) is 0 Å². The summed E-state index contributed by atoms with van der Waals surface area (Å²) in [6.45, 7) is 2.83. The summed E-state index contributed by atoms with van der Waals surface area (Å²) in [6.07, 6.45) is 2.58. The minimum atomic E-state index is -0.631. The maximum absolute atomic E-state index is 14.2. The van der Waals surface area contributed by atoms with Crippen LogP contribution in [0.2, 0.25) is 0 Å². The lowest BCUT2D eigenvalue weighted by Gasteiger charge is -2.30. The van der Waals surface area contributed by atoms with Gasteiger partial charge < -0.3 is 20.1 Å². The fourth-order valence-electron chi connectivity index (χ4n) is 5.47. The number of carbonyl (C=O) groups is 1. The molecule has 3 aromatic rings. The summed E-state index contributed by atoms with van der Waals surface area (Å²) in [5.41, 5.74) is 2.38. The molecule has 2 heterocycles. The van der Waals surface area contributed by atoms with Gasteiger partial charge in [-0.2, -0.15) is 0 Å². The van der Waals surface area contributed by atoms with E-state index in [-0.39, 0.29) is 24.2 Å². The number of nitrogens with zero attached hydrogens (tertiary/aromatic N) is 3. The van der Waals surface area contributed by atoms with E-state index in [9.17, 15) is 14.7 Å². The number of hydrogen-bond donors (Lipinski definition) is 2. The fourth-order valence-corrected chi connectivity index (χ4v) is 5.47. The lowest BCUT2D eigenvalue weighted by atomic mass is 9.92. The third-order valence-electron chi connectivity index (χ3n) is 7.33. The number of carbonyl (C=O) groups excluding carboxylic acids is 1. The molecular weight excluding hydrogens is 456 g/mol. The van der Waals surface area contributed by atoms with Crippen molar-refractivity contribution in [2.75, 3.05) is 33.3 Å². The Kier molecular flexibility index (Phi) is 7.25. The van der Waals surface area contributed by atoms with E-state index in [1.807, 2.05) is 59.5 Å². The number of methoxy groups -OCH3 is 1. The summed E-state index contributed by atoms with van der Waals surface area (Å²) in [5, 5.41) is 14.3. The Balaban J connectivity index is 1.73. The van der Waals surface area contributed by atoms with Crippen LogP contribution in [0.25, 0.3) is 11.3 Å². The van der Waals surface area contributed by atoms with Crippen molar-refractivity contribution in [3.63, 3.8) is 0 Å². The van der Waals surface area contributed by atoms with Crippen LogP contribution in [0.1, 0.15) is 47.8 Å². The average molecular weight is 491 g/mol. The van der Waals surface area contributed by atoms with Crippen LogP contribution in [0.4, 0.5) is 0 Å². The van der Waals surface area contributed by atoms with Crippen LogP contribution in [0.15, 0.2) is 59.4 Å². The highest BCUT2D eigenvalue weighted by molar-refractivity contribution is 5.99. The van der Waals surface area contributed by atoms with Crippen LogP contribution in [-0.4, -0.2) is 64.4 Å². The minimum Gasteiger partial charge on any atom is -0.497 e. The van der Waals surface area contributed by atoms with Crippen LogP contribution in [0.3, 0.4) is 0 Å². The maximum atomic E-state index is 14.2. The minimum absolute atomic E-state index is 0.153. The Morgan fingerprint density at radius 1 is 1.06 bits per heavy atom. The Morgan fingerprint density at radius 3 is 2.53 bits per heavy atom. The second-order valence-electron chi connectivity index (χ2n) is 9.61. The number of amides is 1. The highest BCUT2D eigenvalue weighted by Gasteiger charge is 2.35. The van der Waals surface area contributed by atoms with Crippen molar-refractivity contribution in [3.05, 3.63) is 76.3 Å². The van der Waals surface area contributed by atoms with Crippen LogP contribution in [0, 0.1) is 0 Å². The van der Waals surface area contributed by atoms with Crippen molar-refractivity contribution in [2.45, 2.75) is 44.4 Å². The third-order valence-corrected chi connectivity index (χ3v) is 7.33. The van der Waals surface area contributed by atoms with Crippen molar-refractivity contribution in [1.29, 1.82) is 0 Å². The molecule has 1 aliphatic carbocycles. The van der Waals surface area contributed by atoms with E-state index in [4.69, 9.17) is 4.74 Å². The lowest BCUT2D eigenvalue weighted by molar-refractivity contribution is 0.0719. The number of hydrogen-bond acceptors (Lipinski definition) is 5. The molecule has 5 rings (SSSR count). The molecule has 1 amide bonds. The van der Waals surface area contributed by atoms with Gasteiger partial charge in [-0.25, -0.2) is 4.79 Å².